The smallest absolute Gasteiger partial charge is 0.363 e. The molecule has 0 spiro atoms. The van der Waals surface area contributed by atoms with Gasteiger partial charge in [0.1, 0.15) is 0 Å². The molecule has 5 nitrogen and oxygen atoms in total. The van der Waals surface area contributed by atoms with Crippen molar-refractivity contribution in [2.24, 2.45) is 4.99 Å². The lowest BCUT2D eigenvalue weighted by Gasteiger charge is -2.10. The highest BCUT2D eigenvalue weighted by Crippen LogP contribution is 2.37. The van der Waals surface area contributed by atoms with Gasteiger partial charge in [-0.15, -0.1) is 0 Å². The van der Waals surface area contributed by atoms with Crippen molar-refractivity contribution < 1.29 is 19.0 Å². The molecule has 140 valence electrons. The van der Waals surface area contributed by atoms with Crippen LogP contribution in [-0.4, -0.2) is 26.1 Å². The van der Waals surface area contributed by atoms with Crippen molar-refractivity contribution in [3.63, 3.8) is 0 Å². The van der Waals surface area contributed by atoms with E-state index in [2.05, 4.69) is 34.8 Å². The molecule has 0 amide bonds. The highest BCUT2D eigenvalue weighted by atomic mass is 79.9. The summed E-state index contributed by atoms with van der Waals surface area (Å²) in [5.74, 6) is 1.40. The molecule has 3 rings (SSSR count). The maximum absolute atomic E-state index is 12.2. The Balaban J connectivity index is 1.93. The number of benzene rings is 2. The van der Waals surface area contributed by atoms with Crippen LogP contribution in [0.3, 0.4) is 0 Å². The van der Waals surface area contributed by atoms with Crippen LogP contribution in [0.2, 0.25) is 0 Å². The molecule has 0 aromatic heterocycles. The number of ether oxygens (including phenoxy) is 3. The summed E-state index contributed by atoms with van der Waals surface area (Å²) in [6, 6.07) is 11.5. The summed E-state index contributed by atoms with van der Waals surface area (Å²) in [5, 5.41) is 0. The Hall–Kier alpha value is -2.60. The van der Waals surface area contributed by atoms with Crippen molar-refractivity contribution >= 4 is 33.9 Å². The molecule has 0 saturated carbocycles. The quantitative estimate of drug-likeness (QED) is 0.499. The first-order valence-corrected chi connectivity index (χ1v) is 9.26. The van der Waals surface area contributed by atoms with E-state index >= 15 is 0 Å². The average Bonchev–Trinajstić information content (AvgIpc) is 3.01. The lowest BCUT2D eigenvalue weighted by atomic mass is 10.0. The van der Waals surface area contributed by atoms with Crippen LogP contribution in [0, 0.1) is 0 Å². The lowest BCUT2D eigenvalue weighted by Crippen LogP contribution is -2.05. The number of halogens is 1. The third kappa shape index (κ3) is 4.06. The zero-order valence-corrected chi connectivity index (χ0v) is 17.2. The Morgan fingerprint density at radius 3 is 2.41 bits per heavy atom. The maximum atomic E-state index is 12.2. The number of aliphatic imine (C=N–C) groups is 1. The van der Waals surface area contributed by atoms with Crippen LogP contribution in [-0.2, 0) is 9.53 Å². The molecule has 1 heterocycles. The van der Waals surface area contributed by atoms with Gasteiger partial charge in [-0.25, -0.2) is 9.79 Å². The number of nitrogens with zero attached hydrogens (tertiary/aromatic N) is 1. The molecule has 0 bridgehead atoms. The van der Waals surface area contributed by atoms with E-state index in [1.807, 2.05) is 30.3 Å². The summed E-state index contributed by atoms with van der Waals surface area (Å²) >= 11 is 3.44. The zero-order chi connectivity index (χ0) is 19.6. The van der Waals surface area contributed by atoms with Gasteiger partial charge in [-0.1, -0.05) is 26.0 Å². The van der Waals surface area contributed by atoms with E-state index < -0.39 is 5.97 Å². The summed E-state index contributed by atoms with van der Waals surface area (Å²) in [4.78, 5) is 16.6. The standard InChI is InChI=1S/C21H20BrNO4/c1-12(2)14-5-7-15(8-6-14)20-23-17(21(24)27-20)10-13-9-16(22)19(26-4)18(11-13)25-3/h5-12H,1-4H3/b17-10-. The van der Waals surface area contributed by atoms with E-state index in [4.69, 9.17) is 14.2 Å². The summed E-state index contributed by atoms with van der Waals surface area (Å²) in [5.41, 5.74) is 2.96. The Bertz CT molecular complexity index is 930. The van der Waals surface area contributed by atoms with Crippen molar-refractivity contribution in [3.05, 3.63) is 63.3 Å². The minimum atomic E-state index is -0.483. The fourth-order valence-corrected chi connectivity index (χ4v) is 3.34. The number of carbonyl (C=O) groups is 1. The Kier molecular flexibility index (Phi) is 5.65. The number of cyclic esters (lactones) is 1. The van der Waals surface area contributed by atoms with Crippen LogP contribution in [0.15, 0.2) is 51.6 Å². The van der Waals surface area contributed by atoms with Gasteiger partial charge in [0.15, 0.2) is 17.2 Å². The first-order chi connectivity index (χ1) is 12.9. The van der Waals surface area contributed by atoms with E-state index in [1.54, 1.807) is 26.4 Å². The predicted octanol–water partition coefficient (Wildman–Crippen LogP) is 4.93. The molecule has 1 aliphatic heterocycles. The summed E-state index contributed by atoms with van der Waals surface area (Å²) in [6.45, 7) is 4.26. The van der Waals surface area contributed by atoms with Gasteiger partial charge in [-0.3, -0.25) is 0 Å². The largest absolute Gasteiger partial charge is 0.493 e. The average molecular weight is 430 g/mol. The fraction of sp³-hybridized carbons (Fsp3) is 0.238. The van der Waals surface area contributed by atoms with Gasteiger partial charge in [0, 0.05) is 5.56 Å². The number of methoxy groups -OCH3 is 2. The summed E-state index contributed by atoms with van der Waals surface area (Å²) < 4.78 is 16.7. The molecule has 1 aliphatic rings. The van der Waals surface area contributed by atoms with E-state index in [0.717, 1.165) is 15.6 Å². The summed E-state index contributed by atoms with van der Waals surface area (Å²) in [6.07, 6.45) is 1.66. The fourth-order valence-electron chi connectivity index (χ4n) is 2.72. The van der Waals surface area contributed by atoms with Crippen LogP contribution in [0.4, 0.5) is 0 Å². The number of esters is 1. The predicted molar refractivity (Wildman–Crippen MR) is 108 cm³/mol. The second-order valence-corrected chi connectivity index (χ2v) is 7.21. The second kappa shape index (κ2) is 7.96. The molecule has 2 aromatic rings. The molecular formula is C21H20BrNO4. The van der Waals surface area contributed by atoms with Gasteiger partial charge in [-0.2, -0.15) is 0 Å². The number of hydrogen-bond acceptors (Lipinski definition) is 5. The normalized spacial score (nSPS) is 15.1. The van der Waals surface area contributed by atoms with Gasteiger partial charge in [0.2, 0.25) is 5.90 Å². The van der Waals surface area contributed by atoms with Gasteiger partial charge >= 0.3 is 5.97 Å². The zero-order valence-electron chi connectivity index (χ0n) is 15.6. The van der Waals surface area contributed by atoms with Crippen molar-refractivity contribution in [1.82, 2.24) is 0 Å². The van der Waals surface area contributed by atoms with Crippen LogP contribution in [0.1, 0.15) is 36.5 Å². The molecule has 0 atom stereocenters. The maximum Gasteiger partial charge on any atom is 0.363 e. The first kappa shape index (κ1) is 19.2. The van der Waals surface area contributed by atoms with Gasteiger partial charge in [0.25, 0.3) is 0 Å². The van der Waals surface area contributed by atoms with E-state index in [1.165, 1.54) is 5.56 Å². The van der Waals surface area contributed by atoms with Gasteiger partial charge < -0.3 is 14.2 Å². The van der Waals surface area contributed by atoms with Crippen LogP contribution in [0.5, 0.6) is 11.5 Å². The first-order valence-electron chi connectivity index (χ1n) is 8.47. The second-order valence-electron chi connectivity index (χ2n) is 6.35. The Morgan fingerprint density at radius 2 is 1.81 bits per heavy atom. The number of carbonyl (C=O) groups excluding carboxylic acids is 1. The molecule has 6 heteroatoms. The Labute approximate surface area is 166 Å². The molecule has 27 heavy (non-hydrogen) atoms. The number of rotatable bonds is 5. The molecule has 0 saturated heterocycles. The lowest BCUT2D eigenvalue weighted by molar-refractivity contribution is -0.129. The van der Waals surface area contributed by atoms with E-state index in [-0.39, 0.29) is 5.70 Å². The highest BCUT2D eigenvalue weighted by Gasteiger charge is 2.24. The highest BCUT2D eigenvalue weighted by molar-refractivity contribution is 9.10. The monoisotopic (exact) mass is 429 g/mol. The van der Waals surface area contributed by atoms with Crippen LogP contribution >= 0.6 is 15.9 Å². The molecular weight excluding hydrogens is 410 g/mol. The van der Waals surface area contributed by atoms with Gasteiger partial charge in [0.05, 0.1) is 18.7 Å². The minimum absolute atomic E-state index is 0.233. The SMILES string of the molecule is COc1cc(/C=C2\N=C(c3ccc(C(C)C)cc3)OC2=O)cc(Br)c1OC. The third-order valence-corrected chi connectivity index (χ3v) is 4.79. The molecule has 0 unspecified atom stereocenters. The van der Waals surface area contributed by atoms with Crippen molar-refractivity contribution in [1.29, 1.82) is 0 Å². The molecule has 0 fully saturated rings. The van der Waals surface area contributed by atoms with E-state index in [0.29, 0.717) is 23.3 Å². The molecule has 0 N–H and O–H groups in total. The van der Waals surface area contributed by atoms with Crippen LogP contribution in [0.25, 0.3) is 6.08 Å². The minimum Gasteiger partial charge on any atom is -0.493 e. The molecule has 0 aliphatic carbocycles. The van der Waals surface area contributed by atoms with Gasteiger partial charge in [-0.05, 0) is 63.3 Å². The third-order valence-electron chi connectivity index (χ3n) is 4.20. The van der Waals surface area contributed by atoms with Crippen molar-refractivity contribution in [3.8, 4) is 11.5 Å². The van der Waals surface area contributed by atoms with E-state index in [9.17, 15) is 4.79 Å². The molecule has 0 radical (unpaired) electrons. The van der Waals surface area contributed by atoms with Crippen molar-refractivity contribution in [2.75, 3.05) is 14.2 Å². The molecule has 2 aromatic carbocycles. The summed E-state index contributed by atoms with van der Waals surface area (Å²) in [7, 11) is 3.12. The number of hydrogen-bond donors (Lipinski definition) is 0. The Morgan fingerprint density at radius 1 is 1.11 bits per heavy atom. The van der Waals surface area contributed by atoms with Crippen LogP contribution < -0.4 is 9.47 Å². The van der Waals surface area contributed by atoms with Crippen molar-refractivity contribution in [2.45, 2.75) is 19.8 Å². The topological polar surface area (TPSA) is 57.1 Å².